The summed E-state index contributed by atoms with van der Waals surface area (Å²) in [6.45, 7) is 6.12. The fourth-order valence-corrected chi connectivity index (χ4v) is 5.75. The number of likely N-dealkylation sites (N-methyl/N-ethyl adjacent to an activating group) is 1. The molecule has 1 aliphatic heterocycles. The van der Waals surface area contributed by atoms with Crippen LogP contribution in [0, 0.1) is 0 Å². The van der Waals surface area contributed by atoms with Gasteiger partial charge in [0.05, 0.1) is 5.69 Å². The average molecular weight is 481 g/mol. The average Bonchev–Trinajstić information content (AvgIpc) is 3.34. The Morgan fingerprint density at radius 2 is 1.84 bits per heavy atom. The Morgan fingerprint density at radius 3 is 2.50 bits per heavy atom. The van der Waals surface area contributed by atoms with Crippen LogP contribution < -0.4 is 14.4 Å². The standard InChI is InChI=1S/C22H32N4O4S2/c1-24-13-15-26(16-14-24)12-4-3-11-23-21(27)18-30-20-9-7-19(8-10-20)25(2)32(28,29)22-6-5-17-31-22/h5-10,17H,3-4,11-16,18H2,1-2H3,(H,23,27). The number of carbonyl (C=O) groups is 1. The lowest BCUT2D eigenvalue weighted by molar-refractivity contribution is -0.123. The van der Waals surface area contributed by atoms with E-state index in [1.165, 1.54) is 22.7 Å². The highest BCUT2D eigenvalue weighted by molar-refractivity contribution is 7.94. The smallest absolute Gasteiger partial charge is 0.273 e. The Balaban J connectivity index is 1.34. The number of piperazine rings is 1. The van der Waals surface area contributed by atoms with Crippen molar-refractivity contribution in [2.24, 2.45) is 0 Å². The molecule has 1 aromatic carbocycles. The second-order valence-electron chi connectivity index (χ2n) is 7.89. The number of ether oxygens (including phenoxy) is 1. The second kappa shape index (κ2) is 11.6. The third-order valence-corrected chi connectivity index (χ3v) is 8.66. The Labute approximate surface area is 194 Å². The molecule has 10 heteroatoms. The molecule has 8 nitrogen and oxygen atoms in total. The van der Waals surface area contributed by atoms with Gasteiger partial charge in [-0.1, -0.05) is 6.07 Å². The number of nitrogens with one attached hydrogen (secondary N) is 1. The zero-order valence-electron chi connectivity index (χ0n) is 18.7. The first-order chi connectivity index (χ1) is 15.4. The van der Waals surface area contributed by atoms with E-state index >= 15 is 0 Å². The second-order valence-corrected chi connectivity index (χ2v) is 11.0. The molecule has 0 unspecified atom stereocenters. The van der Waals surface area contributed by atoms with Crippen molar-refractivity contribution in [1.82, 2.24) is 15.1 Å². The van der Waals surface area contributed by atoms with Crippen molar-refractivity contribution in [3.05, 3.63) is 41.8 Å². The Bertz CT molecular complexity index is 941. The number of nitrogens with zero attached hydrogens (tertiary/aromatic N) is 3. The molecular weight excluding hydrogens is 448 g/mol. The van der Waals surface area contributed by atoms with Crippen LogP contribution in [0.4, 0.5) is 5.69 Å². The van der Waals surface area contributed by atoms with Gasteiger partial charge in [-0.15, -0.1) is 11.3 Å². The Morgan fingerprint density at radius 1 is 1.12 bits per heavy atom. The summed E-state index contributed by atoms with van der Waals surface area (Å²) in [6, 6.07) is 9.95. The normalized spacial score (nSPS) is 15.4. The number of hydrogen-bond acceptors (Lipinski definition) is 7. The molecule has 32 heavy (non-hydrogen) atoms. The van der Waals surface area contributed by atoms with Crippen LogP contribution in [0.3, 0.4) is 0 Å². The van der Waals surface area contributed by atoms with E-state index in [0.717, 1.165) is 45.6 Å². The summed E-state index contributed by atoms with van der Waals surface area (Å²) in [5.41, 5.74) is 0.524. The van der Waals surface area contributed by atoms with Gasteiger partial charge < -0.3 is 19.9 Å². The third kappa shape index (κ3) is 6.93. The molecule has 1 aliphatic rings. The van der Waals surface area contributed by atoms with E-state index in [2.05, 4.69) is 22.2 Å². The van der Waals surface area contributed by atoms with Gasteiger partial charge in [-0.3, -0.25) is 9.10 Å². The monoisotopic (exact) mass is 480 g/mol. The minimum Gasteiger partial charge on any atom is -0.484 e. The maximum atomic E-state index is 12.6. The summed E-state index contributed by atoms with van der Waals surface area (Å²) in [7, 11) is 0.0969. The minimum atomic E-state index is -3.57. The molecule has 0 saturated carbocycles. The molecule has 1 amide bonds. The van der Waals surface area contributed by atoms with E-state index in [-0.39, 0.29) is 12.5 Å². The van der Waals surface area contributed by atoms with Crippen LogP contribution in [0.25, 0.3) is 0 Å². The predicted molar refractivity (Wildman–Crippen MR) is 128 cm³/mol. The van der Waals surface area contributed by atoms with Gasteiger partial charge in [0.25, 0.3) is 15.9 Å². The van der Waals surface area contributed by atoms with Crippen LogP contribution in [-0.4, -0.2) is 84.1 Å². The number of anilines is 1. The summed E-state index contributed by atoms with van der Waals surface area (Å²) in [5.74, 6) is 0.354. The number of thiophene rings is 1. The largest absolute Gasteiger partial charge is 0.484 e. The summed E-state index contributed by atoms with van der Waals surface area (Å²) < 4.78 is 32.2. The molecule has 1 aromatic heterocycles. The molecule has 1 N–H and O–H groups in total. The highest BCUT2D eigenvalue weighted by Gasteiger charge is 2.22. The Kier molecular flexibility index (Phi) is 8.92. The topological polar surface area (TPSA) is 82.2 Å². The van der Waals surface area contributed by atoms with Gasteiger partial charge in [-0.05, 0) is 62.1 Å². The number of rotatable bonds is 11. The highest BCUT2D eigenvalue weighted by atomic mass is 32.2. The number of amides is 1. The summed E-state index contributed by atoms with van der Waals surface area (Å²) in [4.78, 5) is 16.8. The first kappa shape index (κ1) is 24.5. The van der Waals surface area contributed by atoms with Crippen LogP contribution in [0.1, 0.15) is 12.8 Å². The molecule has 2 heterocycles. The molecule has 1 saturated heterocycles. The molecule has 1 fully saturated rings. The van der Waals surface area contributed by atoms with Crippen LogP contribution in [0.2, 0.25) is 0 Å². The Hall–Kier alpha value is -2.14. The van der Waals surface area contributed by atoms with Crippen LogP contribution in [-0.2, 0) is 14.8 Å². The SMILES string of the molecule is CN1CCN(CCCCNC(=O)COc2ccc(N(C)S(=O)(=O)c3cccs3)cc2)CC1. The summed E-state index contributed by atoms with van der Waals surface area (Å²) >= 11 is 1.18. The predicted octanol–water partition coefficient (Wildman–Crippen LogP) is 2.10. The van der Waals surface area contributed by atoms with Gasteiger partial charge in [-0.25, -0.2) is 8.42 Å². The summed E-state index contributed by atoms with van der Waals surface area (Å²) in [5, 5.41) is 4.62. The van der Waals surface area contributed by atoms with E-state index < -0.39 is 10.0 Å². The van der Waals surface area contributed by atoms with Crippen molar-refractivity contribution >= 4 is 33.0 Å². The van der Waals surface area contributed by atoms with Crippen molar-refractivity contribution in [3.63, 3.8) is 0 Å². The quantitative estimate of drug-likeness (QED) is 0.496. The molecule has 176 valence electrons. The fraction of sp³-hybridized carbons (Fsp3) is 0.500. The lowest BCUT2D eigenvalue weighted by Gasteiger charge is -2.32. The van der Waals surface area contributed by atoms with E-state index in [1.807, 2.05) is 0 Å². The van der Waals surface area contributed by atoms with Gasteiger partial charge in [0.1, 0.15) is 9.96 Å². The van der Waals surface area contributed by atoms with Gasteiger partial charge in [0.15, 0.2) is 6.61 Å². The first-order valence-corrected chi connectivity index (χ1v) is 13.1. The van der Waals surface area contributed by atoms with Crippen molar-refractivity contribution in [2.45, 2.75) is 17.1 Å². The van der Waals surface area contributed by atoms with E-state index in [1.54, 1.807) is 41.8 Å². The fourth-order valence-electron chi connectivity index (χ4n) is 3.40. The number of benzene rings is 1. The van der Waals surface area contributed by atoms with Crippen molar-refractivity contribution in [2.75, 3.05) is 64.3 Å². The van der Waals surface area contributed by atoms with Crippen LogP contribution >= 0.6 is 11.3 Å². The highest BCUT2D eigenvalue weighted by Crippen LogP contribution is 2.26. The number of carbonyl (C=O) groups excluding carboxylic acids is 1. The lowest BCUT2D eigenvalue weighted by Crippen LogP contribution is -2.44. The van der Waals surface area contributed by atoms with Crippen LogP contribution in [0.15, 0.2) is 46.0 Å². The van der Waals surface area contributed by atoms with Gasteiger partial charge in [-0.2, -0.15) is 0 Å². The molecule has 0 atom stereocenters. The maximum absolute atomic E-state index is 12.6. The molecule has 3 rings (SSSR count). The van der Waals surface area contributed by atoms with E-state index in [4.69, 9.17) is 4.74 Å². The number of unbranched alkanes of at least 4 members (excludes halogenated alkanes) is 1. The van der Waals surface area contributed by atoms with Crippen molar-refractivity contribution < 1.29 is 17.9 Å². The van der Waals surface area contributed by atoms with E-state index in [9.17, 15) is 13.2 Å². The van der Waals surface area contributed by atoms with Gasteiger partial charge in [0, 0.05) is 39.8 Å². The molecule has 0 radical (unpaired) electrons. The molecule has 0 aliphatic carbocycles. The zero-order chi connectivity index (χ0) is 23.0. The van der Waals surface area contributed by atoms with Crippen LogP contribution in [0.5, 0.6) is 5.75 Å². The first-order valence-electron chi connectivity index (χ1n) is 10.8. The van der Waals surface area contributed by atoms with Crippen molar-refractivity contribution in [1.29, 1.82) is 0 Å². The van der Waals surface area contributed by atoms with Gasteiger partial charge in [0.2, 0.25) is 0 Å². The molecule has 0 spiro atoms. The maximum Gasteiger partial charge on any atom is 0.273 e. The van der Waals surface area contributed by atoms with Crippen molar-refractivity contribution in [3.8, 4) is 5.75 Å². The molecule has 0 bridgehead atoms. The number of sulfonamides is 1. The third-order valence-electron chi connectivity index (χ3n) is 5.50. The minimum absolute atomic E-state index is 0.0683. The van der Waals surface area contributed by atoms with E-state index in [0.29, 0.717) is 22.2 Å². The number of hydrogen-bond donors (Lipinski definition) is 1. The molecular formula is C22H32N4O4S2. The lowest BCUT2D eigenvalue weighted by atomic mass is 10.2. The summed E-state index contributed by atoms with van der Waals surface area (Å²) in [6.07, 6.45) is 2.01. The van der Waals surface area contributed by atoms with Gasteiger partial charge >= 0.3 is 0 Å². The molecule has 2 aromatic rings. The zero-order valence-corrected chi connectivity index (χ0v) is 20.3.